The fourth-order valence-electron chi connectivity index (χ4n) is 4.44. The summed E-state index contributed by atoms with van der Waals surface area (Å²) in [5.74, 6) is -0.530. The number of fused-ring (bicyclic) bond motifs is 1. The Bertz CT molecular complexity index is 1450. The summed E-state index contributed by atoms with van der Waals surface area (Å²) in [5, 5.41) is 13.9. The molecule has 2 heterocycles. The van der Waals surface area contributed by atoms with Crippen molar-refractivity contribution in [2.75, 3.05) is 25.6 Å². The first-order valence-electron chi connectivity index (χ1n) is 11.9. The van der Waals surface area contributed by atoms with Crippen molar-refractivity contribution in [3.8, 4) is 17.2 Å². The highest BCUT2D eigenvalue weighted by atomic mass is 16.6. The first-order chi connectivity index (χ1) is 18.3. The molecule has 0 aliphatic carbocycles. The third-order valence-electron chi connectivity index (χ3n) is 6.32. The Kier molecular flexibility index (Phi) is 6.75. The van der Waals surface area contributed by atoms with Crippen molar-refractivity contribution in [3.63, 3.8) is 0 Å². The molecule has 0 saturated carbocycles. The van der Waals surface area contributed by atoms with E-state index in [-0.39, 0.29) is 47.0 Å². The van der Waals surface area contributed by atoms with Gasteiger partial charge in [-0.3, -0.25) is 29.4 Å². The summed E-state index contributed by atoms with van der Waals surface area (Å²) in [7, 11) is 1.31. The van der Waals surface area contributed by atoms with Gasteiger partial charge >= 0.3 is 5.69 Å². The van der Waals surface area contributed by atoms with Crippen molar-refractivity contribution in [2.24, 2.45) is 0 Å². The van der Waals surface area contributed by atoms with Gasteiger partial charge < -0.3 is 19.5 Å². The highest BCUT2D eigenvalue weighted by molar-refractivity contribution is 6.21. The van der Waals surface area contributed by atoms with Gasteiger partial charge in [0.05, 0.1) is 35.8 Å². The standard InChI is InChI=1S/C27H23N3O8/c1-36-24-10-7-16(12-23(24)30(34)35)25(31)28-17-4-2-5-18(13-17)38-19-8-9-21-22(14-19)27(33)29(26(21)32)15-20-6-3-11-37-20/h2,4-5,7-10,12-14,20H,3,6,11,15H2,1H3,(H,28,31). The van der Waals surface area contributed by atoms with Crippen LogP contribution in [0.25, 0.3) is 0 Å². The van der Waals surface area contributed by atoms with Gasteiger partial charge in [-0.05, 0) is 55.3 Å². The monoisotopic (exact) mass is 517 g/mol. The van der Waals surface area contributed by atoms with E-state index in [1.807, 2.05) is 0 Å². The number of amides is 3. The van der Waals surface area contributed by atoms with Crippen molar-refractivity contribution in [2.45, 2.75) is 18.9 Å². The summed E-state index contributed by atoms with van der Waals surface area (Å²) >= 11 is 0. The molecule has 1 atom stereocenters. The Hall–Kier alpha value is -4.77. The van der Waals surface area contributed by atoms with Gasteiger partial charge in [0.2, 0.25) is 0 Å². The summed E-state index contributed by atoms with van der Waals surface area (Å²) < 4.78 is 16.4. The predicted molar refractivity (Wildman–Crippen MR) is 135 cm³/mol. The highest BCUT2D eigenvalue weighted by Gasteiger charge is 2.37. The molecule has 3 aromatic rings. The van der Waals surface area contributed by atoms with Crippen molar-refractivity contribution in [1.82, 2.24) is 4.90 Å². The van der Waals surface area contributed by atoms with Crippen LogP contribution in [0, 0.1) is 10.1 Å². The molecule has 0 radical (unpaired) electrons. The number of nitrogens with zero attached hydrogens (tertiary/aromatic N) is 2. The van der Waals surface area contributed by atoms with E-state index in [9.17, 15) is 24.5 Å². The molecule has 38 heavy (non-hydrogen) atoms. The molecule has 11 heteroatoms. The predicted octanol–water partition coefficient (Wildman–Crippen LogP) is 4.42. The lowest BCUT2D eigenvalue weighted by molar-refractivity contribution is -0.385. The summed E-state index contributed by atoms with van der Waals surface area (Å²) in [6.07, 6.45) is 1.57. The molecule has 194 valence electrons. The van der Waals surface area contributed by atoms with E-state index in [4.69, 9.17) is 14.2 Å². The summed E-state index contributed by atoms with van der Waals surface area (Å²) in [4.78, 5) is 50.2. The number of hydrogen-bond donors (Lipinski definition) is 1. The van der Waals surface area contributed by atoms with E-state index in [0.29, 0.717) is 29.4 Å². The minimum atomic E-state index is -0.624. The smallest absolute Gasteiger partial charge is 0.311 e. The van der Waals surface area contributed by atoms with Gasteiger partial charge in [0.1, 0.15) is 11.5 Å². The van der Waals surface area contributed by atoms with Gasteiger partial charge in [-0.15, -0.1) is 0 Å². The third-order valence-corrected chi connectivity index (χ3v) is 6.32. The van der Waals surface area contributed by atoms with Crippen LogP contribution in [0.5, 0.6) is 17.2 Å². The molecular formula is C27H23N3O8. The second-order valence-electron chi connectivity index (χ2n) is 8.79. The molecule has 1 saturated heterocycles. The lowest BCUT2D eigenvalue weighted by atomic mass is 10.1. The summed E-state index contributed by atoms with van der Waals surface area (Å²) in [5.41, 5.74) is 0.724. The van der Waals surface area contributed by atoms with Gasteiger partial charge in [-0.1, -0.05) is 6.07 Å². The van der Waals surface area contributed by atoms with Gasteiger partial charge in [-0.2, -0.15) is 0 Å². The summed E-state index contributed by atoms with van der Waals surface area (Å²) in [6.45, 7) is 0.854. The number of nitro benzene ring substituents is 1. The van der Waals surface area contributed by atoms with Crippen LogP contribution in [-0.2, 0) is 4.74 Å². The van der Waals surface area contributed by atoms with Crippen molar-refractivity contribution >= 4 is 29.1 Å². The van der Waals surface area contributed by atoms with Gasteiger partial charge in [-0.25, -0.2) is 0 Å². The number of ether oxygens (including phenoxy) is 3. The van der Waals surface area contributed by atoms with Crippen molar-refractivity contribution in [3.05, 3.63) is 87.5 Å². The molecule has 1 fully saturated rings. The largest absolute Gasteiger partial charge is 0.490 e. The Balaban J connectivity index is 1.29. The molecule has 2 aliphatic heterocycles. The molecule has 0 bridgehead atoms. The highest BCUT2D eigenvalue weighted by Crippen LogP contribution is 2.32. The van der Waals surface area contributed by atoms with Crippen LogP contribution >= 0.6 is 0 Å². The van der Waals surface area contributed by atoms with E-state index in [1.54, 1.807) is 36.4 Å². The molecule has 3 aromatic carbocycles. The number of nitrogens with one attached hydrogen (secondary N) is 1. The van der Waals surface area contributed by atoms with E-state index in [2.05, 4.69) is 5.32 Å². The van der Waals surface area contributed by atoms with Crippen LogP contribution in [0.1, 0.15) is 43.9 Å². The first kappa shape index (κ1) is 24.9. The maximum atomic E-state index is 12.9. The van der Waals surface area contributed by atoms with Gasteiger partial charge in [0.25, 0.3) is 17.7 Å². The Labute approximate surface area is 217 Å². The SMILES string of the molecule is COc1ccc(C(=O)Nc2cccc(Oc3ccc4c(c3)C(=O)N(CC3CCCO3)C4=O)c2)cc1[N+](=O)[O-]. The molecule has 1 unspecified atom stereocenters. The average molecular weight is 517 g/mol. The van der Waals surface area contributed by atoms with Gasteiger partial charge in [0, 0.05) is 30.0 Å². The zero-order valence-electron chi connectivity index (χ0n) is 20.3. The fourth-order valence-corrected chi connectivity index (χ4v) is 4.44. The van der Waals surface area contributed by atoms with Crippen LogP contribution in [0.3, 0.4) is 0 Å². The first-order valence-corrected chi connectivity index (χ1v) is 11.9. The van der Waals surface area contributed by atoms with Crippen molar-refractivity contribution < 1.29 is 33.5 Å². The lowest BCUT2D eigenvalue weighted by Crippen LogP contribution is -2.36. The maximum absolute atomic E-state index is 12.9. The molecule has 5 rings (SSSR count). The van der Waals surface area contributed by atoms with Crippen LogP contribution in [0.2, 0.25) is 0 Å². The molecular weight excluding hydrogens is 494 g/mol. The molecule has 2 aliphatic rings. The zero-order chi connectivity index (χ0) is 26.8. The number of anilines is 1. The van der Waals surface area contributed by atoms with E-state index < -0.39 is 10.8 Å². The summed E-state index contributed by atoms with van der Waals surface area (Å²) in [6, 6.07) is 15.1. The molecule has 0 spiro atoms. The number of hydrogen-bond acceptors (Lipinski definition) is 8. The maximum Gasteiger partial charge on any atom is 0.311 e. The minimum Gasteiger partial charge on any atom is -0.490 e. The lowest BCUT2D eigenvalue weighted by Gasteiger charge is -2.17. The number of carbonyl (C=O) groups excluding carboxylic acids is 3. The van der Waals surface area contributed by atoms with Crippen molar-refractivity contribution in [1.29, 1.82) is 0 Å². The van der Waals surface area contributed by atoms with E-state index in [1.165, 1.54) is 30.2 Å². The number of rotatable bonds is 8. The molecule has 3 amide bonds. The molecule has 11 nitrogen and oxygen atoms in total. The number of carbonyl (C=O) groups is 3. The average Bonchev–Trinajstić information content (AvgIpc) is 3.51. The second-order valence-corrected chi connectivity index (χ2v) is 8.79. The number of methoxy groups -OCH3 is 1. The van der Waals surface area contributed by atoms with Crippen LogP contribution < -0.4 is 14.8 Å². The van der Waals surface area contributed by atoms with Crippen LogP contribution in [0.4, 0.5) is 11.4 Å². The normalized spacial score (nSPS) is 16.3. The van der Waals surface area contributed by atoms with Crippen LogP contribution in [0.15, 0.2) is 60.7 Å². The fraction of sp³-hybridized carbons (Fsp3) is 0.222. The Morgan fingerprint density at radius 3 is 2.61 bits per heavy atom. The van der Waals surface area contributed by atoms with Gasteiger partial charge in [0.15, 0.2) is 5.75 Å². The van der Waals surface area contributed by atoms with E-state index in [0.717, 1.165) is 18.9 Å². The third kappa shape index (κ3) is 4.91. The number of nitro groups is 1. The second kappa shape index (κ2) is 10.3. The number of benzene rings is 3. The molecule has 0 aromatic heterocycles. The number of imide groups is 1. The van der Waals surface area contributed by atoms with Crippen LogP contribution in [-0.4, -0.2) is 53.9 Å². The zero-order valence-corrected chi connectivity index (χ0v) is 20.3. The topological polar surface area (TPSA) is 137 Å². The Morgan fingerprint density at radius 1 is 1.08 bits per heavy atom. The molecule has 1 N–H and O–H groups in total. The van der Waals surface area contributed by atoms with E-state index >= 15 is 0 Å². The Morgan fingerprint density at radius 2 is 1.87 bits per heavy atom. The minimum absolute atomic E-state index is 0.0477. The quantitative estimate of drug-likeness (QED) is 0.263.